The SMILES string of the molecule is C=CC(F)(C(F)(F)F)C(C)(CC)OC(F)(F)C(F)(C(C)(C)F)C(F)(F)F. The maximum atomic E-state index is 14.4. The van der Waals surface area contributed by atoms with Crippen LogP contribution in [0.1, 0.15) is 34.1 Å². The minimum absolute atomic E-state index is 0.0537. The van der Waals surface area contributed by atoms with Crippen LogP contribution in [0.2, 0.25) is 0 Å². The van der Waals surface area contributed by atoms with Gasteiger partial charge in [-0.2, -0.15) is 35.1 Å². The van der Waals surface area contributed by atoms with Crippen LogP contribution in [-0.2, 0) is 4.74 Å². The Morgan fingerprint density at radius 1 is 0.769 bits per heavy atom. The molecular weight excluding hydrogens is 393 g/mol. The Morgan fingerprint density at radius 3 is 1.35 bits per heavy atom. The molecule has 0 spiro atoms. The number of ether oxygens (including phenoxy) is 1. The third-order valence-corrected chi connectivity index (χ3v) is 4.10. The molecule has 26 heavy (non-hydrogen) atoms. The zero-order valence-corrected chi connectivity index (χ0v) is 14.1. The Bertz CT molecular complexity index is 502. The molecule has 0 heterocycles. The topological polar surface area (TPSA) is 9.23 Å². The van der Waals surface area contributed by atoms with Crippen LogP contribution in [0.15, 0.2) is 12.7 Å². The average Bonchev–Trinajstić information content (AvgIpc) is 2.40. The van der Waals surface area contributed by atoms with Crippen LogP contribution >= 0.6 is 0 Å². The lowest BCUT2D eigenvalue weighted by molar-refractivity contribution is -0.441. The lowest BCUT2D eigenvalue weighted by Crippen LogP contribution is -2.70. The maximum Gasteiger partial charge on any atom is 0.434 e. The number of halogens is 11. The van der Waals surface area contributed by atoms with Gasteiger partial charge in [-0.25, -0.2) is 13.2 Å². The summed E-state index contributed by atoms with van der Waals surface area (Å²) in [4.78, 5) is 0. The van der Waals surface area contributed by atoms with Gasteiger partial charge in [-0.05, 0) is 33.3 Å². The van der Waals surface area contributed by atoms with Crippen LogP contribution in [0, 0.1) is 0 Å². The minimum Gasteiger partial charge on any atom is -0.307 e. The molecule has 0 aromatic rings. The van der Waals surface area contributed by atoms with Crippen LogP contribution < -0.4 is 0 Å². The minimum atomic E-state index is -6.60. The zero-order chi connectivity index (χ0) is 21.6. The molecule has 0 aromatic carbocycles. The van der Waals surface area contributed by atoms with Crippen LogP contribution in [0.25, 0.3) is 0 Å². The van der Waals surface area contributed by atoms with E-state index in [0.29, 0.717) is 6.92 Å². The summed E-state index contributed by atoms with van der Waals surface area (Å²) < 4.78 is 151. The summed E-state index contributed by atoms with van der Waals surface area (Å²) in [6, 6.07) is 0. The largest absolute Gasteiger partial charge is 0.434 e. The van der Waals surface area contributed by atoms with Crippen molar-refractivity contribution in [2.24, 2.45) is 0 Å². The molecule has 0 radical (unpaired) electrons. The van der Waals surface area contributed by atoms with E-state index >= 15 is 0 Å². The summed E-state index contributed by atoms with van der Waals surface area (Å²) in [6.45, 7) is 2.81. The first kappa shape index (κ1) is 24.9. The van der Waals surface area contributed by atoms with Gasteiger partial charge in [-0.1, -0.05) is 13.5 Å². The zero-order valence-electron chi connectivity index (χ0n) is 14.1. The molecule has 0 rings (SSSR count). The molecule has 0 fully saturated rings. The fraction of sp³-hybridized carbons (Fsp3) is 0.857. The van der Waals surface area contributed by atoms with E-state index in [-0.39, 0.29) is 20.8 Å². The molecule has 3 unspecified atom stereocenters. The number of hydrogen-bond donors (Lipinski definition) is 0. The maximum absolute atomic E-state index is 14.4. The molecule has 0 aliphatic carbocycles. The Kier molecular flexibility index (Phi) is 6.25. The van der Waals surface area contributed by atoms with Gasteiger partial charge >= 0.3 is 24.1 Å². The number of rotatable bonds is 7. The third-order valence-electron chi connectivity index (χ3n) is 4.10. The molecule has 0 saturated heterocycles. The second kappa shape index (κ2) is 6.52. The number of alkyl halides is 11. The first-order chi connectivity index (χ1) is 11.1. The van der Waals surface area contributed by atoms with Gasteiger partial charge in [-0.3, -0.25) is 0 Å². The first-order valence-electron chi connectivity index (χ1n) is 6.99. The molecule has 3 atom stereocenters. The van der Waals surface area contributed by atoms with E-state index in [1.54, 1.807) is 0 Å². The van der Waals surface area contributed by atoms with Crippen LogP contribution in [0.5, 0.6) is 0 Å². The van der Waals surface area contributed by atoms with Gasteiger partial charge in [0.1, 0.15) is 5.60 Å². The highest BCUT2D eigenvalue weighted by atomic mass is 19.4. The van der Waals surface area contributed by atoms with Gasteiger partial charge in [0.05, 0.1) is 0 Å². The molecule has 0 bridgehead atoms. The Hall–Kier alpha value is -1.07. The van der Waals surface area contributed by atoms with Gasteiger partial charge in [0.2, 0.25) is 0 Å². The molecule has 0 aliphatic heterocycles. The molecule has 0 N–H and O–H groups in total. The highest BCUT2D eigenvalue weighted by Crippen LogP contribution is 2.57. The van der Waals surface area contributed by atoms with E-state index in [2.05, 4.69) is 11.3 Å². The van der Waals surface area contributed by atoms with Crippen LogP contribution in [-0.4, -0.2) is 41.1 Å². The number of hydrogen-bond acceptors (Lipinski definition) is 1. The molecule has 156 valence electrons. The Morgan fingerprint density at radius 2 is 1.15 bits per heavy atom. The van der Waals surface area contributed by atoms with Crippen molar-refractivity contribution < 1.29 is 53.0 Å². The van der Waals surface area contributed by atoms with Gasteiger partial charge in [-0.15, -0.1) is 0 Å². The van der Waals surface area contributed by atoms with E-state index in [1.807, 2.05) is 0 Å². The first-order valence-corrected chi connectivity index (χ1v) is 6.99. The van der Waals surface area contributed by atoms with Gasteiger partial charge in [0.25, 0.3) is 5.67 Å². The monoisotopic (exact) mass is 410 g/mol. The van der Waals surface area contributed by atoms with Gasteiger partial charge in [0.15, 0.2) is 5.67 Å². The fourth-order valence-corrected chi connectivity index (χ4v) is 2.24. The van der Waals surface area contributed by atoms with Crippen molar-refractivity contribution in [3.63, 3.8) is 0 Å². The molecule has 12 heteroatoms. The summed E-state index contributed by atoms with van der Waals surface area (Å²) >= 11 is 0. The van der Waals surface area contributed by atoms with E-state index in [9.17, 15) is 48.3 Å². The predicted molar refractivity (Wildman–Crippen MR) is 69.9 cm³/mol. The van der Waals surface area contributed by atoms with Crippen molar-refractivity contribution in [3.8, 4) is 0 Å². The van der Waals surface area contributed by atoms with E-state index < -0.39 is 53.6 Å². The second-order valence-corrected chi connectivity index (χ2v) is 6.25. The van der Waals surface area contributed by atoms with Crippen molar-refractivity contribution in [3.05, 3.63) is 12.7 Å². The summed E-state index contributed by atoms with van der Waals surface area (Å²) in [5.41, 5.74) is -19.0. The third kappa shape index (κ3) is 3.53. The fourth-order valence-electron chi connectivity index (χ4n) is 2.24. The van der Waals surface area contributed by atoms with Gasteiger partial charge in [0, 0.05) is 0 Å². The summed E-state index contributed by atoms with van der Waals surface area (Å²) in [6.07, 6.45) is -20.6. The standard InChI is InChI=1S/C14H17F11O/c1-6-9(5,10(16,7-2)12(18,19)20)26-14(24,25)11(17,8(3,4)15)13(21,22)23/h7H,2,6H2,1,3-5H3. The average molecular weight is 410 g/mol. The molecule has 0 saturated carbocycles. The Labute approximate surface area is 142 Å². The van der Waals surface area contributed by atoms with Crippen molar-refractivity contribution in [2.45, 2.75) is 75.2 Å². The van der Waals surface area contributed by atoms with Crippen molar-refractivity contribution in [1.82, 2.24) is 0 Å². The van der Waals surface area contributed by atoms with E-state index in [0.717, 1.165) is 0 Å². The Balaban J connectivity index is 6.52. The highest BCUT2D eigenvalue weighted by Gasteiger charge is 2.82. The lowest BCUT2D eigenvalue weighted by atomic mass is 9.81. The quantitative estimate of drug-likeness (QED) is 0.357. The van der Waals surface area contributed by atoms with Crippen LogP contribution in [0.4, 0.5) is 48.3 Å². The highest BCUT2D eigenvalue weighted by molar-refractivity contribution is 5.16. The smallest absolute Gasteiger partial charge is 0.307 e. The van der Waals surface area contributed by atoms with Crippen molar-refractivity contribution >= 4 is 0 Å². The van der Waals surface area contributed by atoms with Crippen molar-refractivity contribution in [2.75, 3.05) is 0 Å². The summed E-state index contributed by atoms with van der Waals surface area (Å²) in [7, 11) is 0. The molecule has 1 nitrogen and oxygen atoms in total. The predicted octanol–water partition coefficient (Wildman–Crippen LogP) is 6.24. The van der Waals surface area contributed by atoms with Crippen LogP contribution in [0.3, 0.4) is 0 Å². The molecular formula is C14H17F11O. The molecule has 0 aliphatic rings. The molecule has 0 aromatic heterocycles. The normalized spacial score (nSPS) is 21.5. The summed E-state index contributed by atoms with van der Waals surface area (Å²) in [5, 5.41) is 0. The lowest BCUT2D eigenvalue weighted by Gasteiger charge is -2.47. The van der Waals surface area contributed by atoms with Gasteiger partial charge < -0.3 is 4.74 Å². The van der Waals surface area contributed by atoms with E-state index in [1.165, 1.54) is 0 Å². The van der Waals surface area contributed by atoms with E-state index in [4.69, 9.17) is 0 Å². The second-order valence-electron chi connectivity index (χ2n) is 6.25. The molecule has 0 amide bonds. The van der Waals surface area contributed by atoms with Crippen molar-refractivity contribution in [1.29, 1.82) is 0 Å². The summed E-state index contributed by atoms with van der Waals surface area (Å²) in [5.74, 6) is 0.